The van der Waals surface area contributed by atoms with Gasteiger partial charge < -0.3 is 15.8 Å². The van der Waals surface area contributed by atoms with E-state index in [1.165, 1.54) is 42.8 Å². The van der Waals surface area contributed by atoms with Crippen molar-refractivity contribution >= 4 is 39.1 Å². The van der Waals surface area contributed by atoms with E-state index in [1.807, 2.05) is 24.3 Å². The van der Waals surface area contributed by atoms with Gasteiger partial charge in [-0.15, -0.1) is 16.4 Å². The number of nitrogens with one attached hydrogen (secondary N) is 1. The maximum absolute atomic E-state index is 6.23. The van der Waals surface area contributed by atoms with Gasteiger partial charge in [0, 0.05) is 17.1 Å². The monoisotopic (exact) mass is 462 g/mol. The summed E-state index contributed by atoms with van der Waals surface area (Å²) in [7, 11) is 0. The van der Waals surface area contributed by atoms with Crippen LogP contribution in [0.3, 0.4) is 0 Å². The number of nitrogens with zero attached hydrogens (tertiary/aromatic N) is 6. The van der Waals surface area contributed by atoms with Crippen LogP contribution in [-0.2, 0) is 12.8 Å². The molecule has 1 aliphatic carbocycles. The standard InChI is InChI=1S/C23H26N8OS/c24-22-28-23(27-15-6-8-16(9-7-15)32-13-12-30-10-1-2-11-30)29-31(22)20-19-17-4-3-5-18(17)33-21(19)26-14-25-20/h6-9,14H,1-5,10-13H2,(H3,24,27,28,29). The zero-order valence-electron chi connectivity index (χ0n) is 18.3. The Hall–Kier alpha value is -3.24. The molecule has 0 unspecified atom stereocenters. The van der Waals surface area contributed by atoms with E-state index in [9.17, 15) is 0 Å². The number of likely N-dealkylation sites (tertiary alicyclic amines) is 1. The average Bonchev–Trinajstić information content (AvgIpc) is 3.60. The number of fused-ring (bicyclic) bond motifs is 3. The highest BCUT2D eigenvalue weighted by Crippen LogP contribution is 2.38. The van der Waals surface area contributed by atoms with E-state index in [2.05, 4.69) is 30.3 Å². The molecule has 6 rings (SSSR count). The van der Waals surface area contributed by atoms with Crippen molar-refractivity contribution in [3.63, 3.8) is 0 Å². The second kappa shape index (κ2) is 8.60. The quantitative estimate of drug-likeness (QED) is 0.429. The van der Waals surface area contributed by atoms with Gasteiger partial charge >= 0.3 is 0 Å². The van der Waals surface area contributed by atoms with Gasteiger partial charge in [0.15, 0.2) is 5.82 Å². The number of nitrogens with two attached hydrogens (primary N) is 1. The second-order valence-electron chi connectivity index (χ2n) is 8.49. The Labute approximate surface area is 195 Å². The summed E-state index contributed by atoms with van der Waals surface area (Å²) >= 11 is 1.74. The van der Waals surface area contributed by atoms with Crippen LogP contribution in [0.2, 0.25) is 0 Å². The van der Waals surface area contributed by atoms with Crippen LogP contribution in [0.5, 0.6) is 5.75 Å². The smallest absolute Gasteiger partial charge is 0.248 e. The van der Waals surface area contributed by atoms with Crippen LogP contribution in [0.25, 0.3) is 16.0 Å². The lowest BCUT2D eigenvalue weighted by Crippen LogP contribution is -2.25. The summed E-state index contributed by atoms with van der Waals surface area (Å²) in [5, 5.41) is 8.87. The van der Waals surface area contributed by atoms with E-state index in [0.29, 0.717) is 18.4 Å². The van der Waals surface area contributed by atoms with Crippen molar-refractivity contribution in [3.8, 4) is 11.6 Å². The van der Waals surface area contributed by atoms with Gasteiger partial charge in [-0.1, -0.05) is 0 Å². The molecule has 1 fully saturated rings. The minimum absolute atomic E-state index is 0.289. The maximum atomic E-state index is 6.23. The number of rotatable bonds is 7. The van der Waals surface area contributed by atoms with E-state index in [-0.39, 0.29) is 5.95 Å². The molecule has 4 heterocycles. The Morgan fingerprint density at radius 1 is 1.06 bits per heavy atom. The SMILES string of the molecule is Nc1nc(Nc2ccc(OCCN3CCCC3)cc2)nn1-c1ncnc2sc3c(c12)CCC3. The van der Waals surface area contributed by atoms with E-state index in [1.54, 1.807) is 22.3 Å². The third-order valence-corrected chi connectivity index (χ3v) is 7.50. The van der Waals surface area contributed by atoms with Crippen LogP contribution in [0, 0.1) is 0 Å². The van der Waals surface area contributed by atoms with E-state index < -0.39 is 0 Å². The zero-order valence-corrected chi connectivity index (χ0v) is 19.1. The van der Waals surface area contributed by atoms with Crippen molar-refractivity contribution in [2.24, 2.45) is 0 Å². The topological polar surface area (TPSA) is 107 Å². The first-order valence-electron chi connectivity index (χ1n) is 11.4. The molecule has 1 aromatic carbocycles. The highest BCUT2D eigenvalue weighted by atomic mass is 32.1. The van der Waals surface area contributed by atoms with E-state index >= 15 is 0 Å². The average molecular weight is 463 g/mol. The Balaban J connectivity index is 1.17. The lowest BCUT2D eigenvalue weighted by Gasteiger charge is -2.15. The highest BCUT2D eigenvalue weighted by molar-refractivity contribution is 7.19. The van der Waals surface area contributed by atoms with Crippen LogP contribution in [0.4, 0.5) is 17.6 Å². The predicted molar refractivity (Wildman–Crippen MR) is 130 cm³/mol. The molecule has 0 saturated carbocycles. The predicted octanol–water partition coefficient (Wildman–Crippen LogP) is 3.56. The molecule has 10 heteroatoms. The highest BCUT2D eigenvalue weighted by Gasteiger charge is 2.23. The van der Waals surface area contributed by atoms with E-state index in [0.717, 1.165) is 41.0 Å². The third-order valence-electron chi connectivity index (χ3n) is 6.30. The Bertz CT molecular complexity index is 1280. The van der Waals surface area contributed by atoms with Gasteiger partial charge in [0.2, 0.25) is 11.9 Å². The first-order chi connectivity index (χ1) is 16.2. The molecular formula is C23H26N8OS. The van der Waals surface area contributed by atoms with Gasteiger partial charge in [0.05, 0.1) is 5.39 Å². The number of benzene rings is 1. The molecule has 0 radical (unpaired) electrons. The third kappa shape index (κ3) is 4.00. The number of ether oxygens (including phenoxy) is 1. The van der Waals surface area contributed by atoms with Crippen molar-refractivity contribution < 1.29 is 4.74 Å². The first-order valence-corrected chi connectivity index (χ1v) is 12.3. The molecule has 0 amide bonds. The fraction of sp³-hybridized carbons (Fsp3) is 0.391. The van der Waals surface area contributed by atoms with Gasteiger partial charge in [-0.2, -0.15) is 9.67 Å². The summed E-state index contributed by atoms with van der Waals surface area (Å²) in [6, 6.07) is 7.82. The van der Waals surface area contributed by atoms with Crippen molar-refractivity contribution in [2.45, 2.75) is 32.1 Å². The molecule has 0 spiro atoms. The number of aromatic nitrogens is 5. The molecule has 1 aliphatic heterocycles. The van der Waals surface area contributed by atoms with Gasteiger partial charge in [-0.05, 0) is 75.0 Å². The van der Waals surface area contributed by atoms with Gasteiger partial charge in [-0.3, -0.25) is 4.90 Å². The molecule has 0 atom stereocenters. The summed E-state index contributed by atoms with van der Waals surface area (Å²) in [4.78, 5) is 18.2. The minimum atomic E-state index is 0.289. The number of anilines is 3. The van der Waals surface area contributed by atoms with Gasteiger partial charge in [0.1, 0.15) is 23.5 Å². The summed E-state index contributed by atoms with van der Waals surface area (Å²) in [5.41, 5.74) is 8.42. The van der Waals surface area contributed by atoms with Crippen LogP contribution >= 0.6 is 11.3 Å². The second-order valence-corrected chi connectivity index (χ2v) is 9.57. The number of hydrogen-bond donors (Lipinski definition) is 2. The maximum Gasteiger partial charge on any atom is 0.248 e. The zero-order chi connectivity index (χ0) is 22.2. The largest absolute Gasteiger partial charge is 0.492 e. The Morgan fingerprint density at radius 3 is 2.76 bits per heavy atom. The fourth-order valence-electron chi connectivity index (χ4n) is 4.67. The molecule has 3 N–H and O–H groups in total. The summed E-state index contributed by atoms with van der Waals surface area (Å²) in [5.74, 6) is 2.26. The van der Waals surface area contributed by atoms with Crippen LogP contribution in [0.15, 0.2) is 30.6 Å². The van der Waals surface area contributed by atoms with Crippen molar-refractivity contribution in [3.05, 3.63) is 41.0 Å². The lowest BCUT2D eigenvalue weighted by molar-refractivity contribution is 0.238. The fourth-order valence-corrected chi connectivity index (χ4v) is 5.89. The molecule has 3 aromatic heterocycles. The summed E-state index contributed by atoms with van der Waals surface area (Å²) < 4.78 is 7.49. The molecule has 4 aromatic rings. The molecule has 170 valence electrons. The summed E-state index contributed by atoms with van der Waals surface area (Å²) in [6.45, 7) is 4.05. The molecule has 33 heavy (non-hydrogen) atoms. The lowest BCUT2D eigenvalue weighted by atomic mass is 10.2. The van der Waals surface area contributed by atoms with E-state index in [4.69, 9.17) is 10.5 Å². The Morgan fingerprint density at radius 2 is 1.91 bits per heavy atom. The van der Waals surface area contributed by atoms with Crippen molar-refractivity contribution in [1.29, 1.82) is 0 Å². The number of thiophene rings is 1. The Kier molecular flexibility index (Phi) is 5.31. The van der Waals surface area contributed by atoms with Gasteiger partial charge in [0.25, 0.3) is 0 Å². The molecular weight excluding hydrogens is 436 g/mol. The van der Waals surface area contributed by atoms with Crippen LogP contribution in [0.1, 0.15) is 29.7 Å². The van der Waals surface area contributed by atoms with Crippen molar-refractivity contribution in [1.82, 2.24) is 29.6 Å². The van der Waals surface area contributed by atoms with Crippen LogP contribution < -0.4 is 15.8 Å². The van der Waals surface area contributed by atoms with Gasteiger partial charge in [-0.25, -0.2) is 9.97 Å². The first kappa shape index (κ1) is 20.4. The van der Waals surface area contributed by atoms with Crippen LogP contribution in [-0.4, -0.2) is 55.9 Å². The number of nitrogen functional groups attached to an aromatic ring is 1. The minimum Gasteiger partial charge on any atom is -0.492 e. The van der Waals surface area contributed by atoms with Crippen molar-refractivity contribution in [2.75, 3.05) is 37.3 Å². The molecule has 1 saturated heterocycles. The molecule has 9 nitrogen and oxygen atoms in total. The molecule has 0 bridgehead atoms. The summed E-state index contributed by atoms with van der Waals surface area (Å²) in [6.07, 6.45) is 7.48. The molecule has 2 aliphatic rings. The number of aryl methyl sites for hydroxylation is 2. The number of hydrogen-bond acceptors (Lipinski definition) is 9. The normalized spacial score (nSPS) is 15.9.